The van der Waals surface area contributed by atoms with Crippen LogP contribution in [-0.4, -0.2) is 47.2 Å². The fraction of sp³-hybridized carbons (Fsp3) is 0.316. The molecule has 0 aliphatic carbocycles. The maximum Gasteiger partial charge on any atom is 0.310 e. The molecule has 1 aliphatic rings. The molecule has 1 saturated heterocycles. The molecule has 1 atom stereocenters. The lowest BCUT2D eigenvalue weighted by molar-refractivity contribution is -0.385. The van der Waals surface area contributed by atoms with Gasteiger partial charge in [-0.2, -0.15) is 0 Å². The predicted molar refractivity (Wildman–Crippen MR) is 102 cm³/mol. The molecule has 0 bridgehead atoms. The van der Waals surface area contributed by atoms with Crippen LogP contribution < -0.4 is 15.6 Å². The molecule has 0 saturated carbocycles. The fourth-order valence-corrected chi connectivity index (χ4v) is 3.07. The van der Waals surface area contributed by atoms with Gasteiger partial charge in [-0.25, -0.2) is 0 Å². The Labute approximate surface area is 171 Å². The van der Waals surface area contributed by atoms with Crippen molar-refractivity contribution in [2.24, 2.45) is 5.92 Å². The topological polar surface area (TPSA) is 144 Å². The number of likely N-dealkylation sites (tertiary alicyclic amines) is 1. The summed E-state index contributed by atoms with van der Waals surface area (Å²) in [5.41, 5.74) is 4.26. The van der Waals surface area contributed by atoms with Crippen molar-refractivity contribution < 1.29 is 28.5 Å². The number of para-hydroxylation sites is 2. The summed E-state index contributed by atoms with van der Waals surface area (Å²) in [6.45, 7) is 0.201. The van der Waals surface area contributed by atoms with E-state index >= 15 is 0 Å². The highest BCUT2D eigenvalue weighted by atomic mass is 16.6. The molecule has 30 heavy (non-hydrogen) atoms. The molecule has 1 aliphatic heterocycles. The lowest BCUT2D eigenvalue weighted by atomic mass is 9.97. The minimum absolute atomic E-state index is 0.0525. The number of hydrogen-bond donors (Lipinski definition) is 2. The SMILES string of the molecule is O=C(COc1ccccc1[N+](=O)[O-])NNC(=O)[C@@H]1CCCN(C(=O)c2ccco2)C1. The van der Waals surface area contributed by atoms with E-state index in [1.54, 1.807) is 18.2 Å². The van der Waals surface area contributed by atoms with Crippen molar-refractivity contribution in [1.82, 2.24) is 15.8 Å². The molecule has 11 heteroatoms. The number of ether oxygens (including phenoxy) is 1. The molecule has 0 radical (unpaired) electrons. The van der Waals surface area contributed by atoms with Gasteiger partial charge in [-0.05, 0) is 31.0 Å². The second-order valence-electron chi connectivity index (χ2n) is 6.62. The predicted octanol–water partition coefficient (Wildman–Crippen LogP) is 1.27. The quantitative estimate of drug-likeness (QED) is 0.533. The van der Waals surface area contributed by atoms with Crippen LogP contribution >= 0.6 is 0 Å². The fourth-order valence-electron chi connectivity index (χ4n) is 3.07. The monoisotopic (exact) mass is 416 g/mol. The second-order valence-corrected chi connectivity index (χ2v) is 6.62. The molecule has 3 rings (SSSR count). The molecular formula is C19H20N4O7. The first-order chi connectivity index (χ1) is 14.5. The largest absolute Gasteiger partial charge is 0.477 e. The van der Waals surface area contributed by atoms with Crippen LogP contribution in [0.2, 0.25) is 0 Å². The van der Waals surface area contributed by atoms with Crippen LogP contribution in [0, 0.1) is 16.0 Å². The van der Waals surface area contributed by atoms with Gasteiger partial charge in [-0.3, -0.25) is 35.3 Å². The van der Waals surface area contributed by atoms with Crippen LogP contribution in [0.4, 0.5) is 5.69 Å². The highest BCUT2D eigenvalue weighted by molar-refractivity contribution is 5.92. The maximum absolute atomic E-state index is 12.4. The summed E-state index contributed by atoms with van der Waals surface area (Å²) in [5.74, 6) is -1.75. The summed E-state index contributed by atoms with van der Waals surface area (Å²) < 4.78 is 10.3. The molecule has 158 valence electrons. The number of nitrogens with zero attached hydrogens (tertiary/aromatic N) is 2. The summed E-state index contributed by atoms with van der Waals surface area (Å²) in [7, 11) is 0. The van der Waals surface area contributed by atoms with E-state index in [9.17, 15) is 24.5 Å². The molecule has 0 spiro atoms. The number of nitro groups is 1. The molecule has 2 N–H and O–H groups in total. The van der Waals surface area contributed by atoms with Gasteiger partial charge in [-0.1, -0.05) is 12.1 Å². The van der Waals surface area contributed by atoms with Crippen LogP contribution in [0.5, 0.6) is 5.75 Å². The van der Waals surface area contributed by atoms with Crippen molar-refractivity contribution in [1.29, 1.82) is 0 Å². The Bertz CT molecular complexity index is 929. The maximum atomic E-state index is 12.4. The van der Waals surface area contributed by atoms with Crippen molar-refractivity contribution in [2.45, 2.75) is 12.8 Å². The van der Waals surface area contributed by atoms with Crippen LogP contribution in [0.15, 0.2) is 47.1 Å². The number of benzene rings is 1. The number of hydrazine groups is 1. The van der Waals surface area contributed by atoms with E-state index in [4.69, 9.17) is 9.15 Å². The second kappa shape index (κ2) is 9.54. The molecule has 1 fully saturated rings. The van der Waals surface area contributed by atoms with E-state index in [1.807, 2.05) is 0 Å². The van der Waals surface area contributed by atoms with Gasteiger partial charge < -0.3 is 14.1 Å². The number of hydrogen-bond acceptors (Lipinski definition) is 7. The number of carbonyl (C=O) groups excluding carboxylic acids is 3. The average Bonchev–Trinajstić information content (AvgIpc) is 3.30. The van der Waals surface area contributed by atoms with Crippen molar-refractivity contribution in [3.05, 3.63) is 58.5 Å². The lowest BCUT2D eigenvalue weighted by Gasteiger charge is -2.31. The van der Waals surface area contributed by atoms with Gasteiger partial charge in [0, 0.05) is 19.2 Å². The first-order valence-corrected chi connectivity index (χ1v) is 9.23. The van der Waals surface area contributed by atoms with Crippen molar-refractivity contribution >= 4 is 23.4 Å². The molecule has 2 heterocycles. The Hall–Kier alpha value is -3.89. The van der Waals surface area contributed by atoms with Crippen molar-refractivity contribution in [3.8, 4) is 5.75 Å². The lowest BCUT2D eigenvalue weighted by Crippen LogP contribution is -2.50. The van der Waals surface area contributed by atoms with Crippen LogP contribution in [0.3, 0.4) is 0 Å². The summed E-state index contributed by atoms with van der Waals surface area (Å²) in [5, 5.41) is 10.9. The van der Waals surface area contributed by atoms with E-state index in [0.717, 1.165) is 0 Å². The average molecular weight is 416 g/mol. The number of nitro benzene ring substituents is 1. The molecule has 3 amide bonds. The van der Waals surface area contributed by atoms with Gasteiger partial charge >= 0.3 is 5.69 Å². The molecule has 1 aromatic carbocycles. The number of amides is 3. The minimum atomic E-state index is -0.680. The number of piperidine rings is 1. The molecule has 11 nitrogen and oxygen atoms in total. The van der Waals surface area contributed by atoms with E-state index in [0.29, 0.717) is 19.4 Å². The van der Waals surface area contributed by atoms with Gasteiger partial charge in [0.2, 0.25) is 5.91 Å². The van der Waals surface area contributed by atoms with E-state index in [1.165, 1.54) is 29.4 Å². The van der Waals surface area contributed by atoms with Crippen LogP contribution in [0.1, 0.15) is 23.4 Å². The normalized spacial score (nSPS) is 15.9. The van der Waals surface area contributed by atoms with Gasteiger partial charge in [0.15, 0.2) is 18.1 Å². The van der Waals surface area contributed by atoms with Crippen molar-refractivity contribution in [3.63, 3.8) is 0 Å². The number of carbonyl (C=O) groups is 3. The third-order valence-electron chi connectivity index (χ3n) is 4.56. The zero-order valence-corrected chi connectivity index (χ0v) is 15.9. The Kier molecular flexibility index (Phi) is 6.63. The Morgan fingerprint density at radius 1 is 1.20 bits per heavy atom. The standard InChI is InChI=1S/C19H20N4O7/c24-17(12-30-15-7-2-1-6-14(15)23(27)28)20-21-18(25)13-5-3-9-22(11-13)19(26)16-8-4-10-29-16/h1-2,4,6-8,10,13H,3,5,9,11-12H2,(H,20,24)(H,21,25)/t13-/m1/s1. The van der Waals surface area contributed by atoms with E-state index in [-0.39, 0.29) is 29.6 Å². The Morgan fingerprint density at radius 3 is 2.73 bits per heavy atom. The minimum Gasteiger partial charge on any atom is -0.477 e. The number of rotatable bonds is 6. The van der Waals surface area contributed by atoms with Crippen molar-refractivity contribution in [2.75, 3.05) is 19.7 Å². The van der Waals surface area contributed by atoms with Gasteiger partial charge in [0.25, 0.3) is 11.8 Å². The third-order valence-corrected chi connectivity index (χ3v) is 4.56. The summed E-state index contributed by atoms with van der Waals surface area (Å²) in [6.07, 6.45) is 2.61. The van der Waals surface area contributed by atoms with E-state index in [2.05, 4.69) is 10.9 Å². The summed E-state index contributed by atoms with van der Waals surface area (Å²) >= 11 is 0. The zero-order valence-electron chi connectivity index (χ0n) is 15.9. The molecule has 2 aromatic rings. The van der Waals surface area contributed by atoms with Gasteiger partial charge in [-0.15, -0.1) is 0 Å². The number of furan rings is 1. The summed E-state index contributed by atoms with van der Waals surface area (Å²) in [6, 6.07) is 8.83. The molecule has 1 aromatic heterocycles. The van der Waals surface area contributed by atoms with Gasteiger partial charge in [0.1, 0.15) is 0 Å². The third kappa shape index (κ3) is 5.13. The smallest absolute Gasteiger partial charge is 0.310 e. The molecule has 0 unspecified atom stereocenters. The van der Waals surface area contributed by atoms with Crippen LogP contribution in [0.25, 0.3) is 0 Å². The number of nitrogens with one attached hydrogen (secondary N) is 2. The first-order valence-electron chi connectivity index (χ1n) is 9.23. The van der Waals surface area contributed by atoms with E-state index < -0.39 is 29.3 Å². The first kappa shape index (κ1) is 20.8. The molecular weight excluding hydrogens is 396 g/mol. The Morgan fingerprint density at radius 2 is 2.00 bits per heavy atom. The van der Waals surface area contributed by atoms with Gasteiger partial charge in [0.05, 0.1) is 17.1 Å². The van der Waals surface area contributed by atoms with Crippen LogP contribution in [-0.2, 0) is 9.59 Å². The Balaban J connectivity index is 1.46. The highest BCUT2D eigenvalue weighted by Crippen LogP contribution is 2.25. The zero-order chi connectivity index (χ0) is 21.5. The highest BCUT2D eigenvalue weighted by Gasteiger charge is 2.30. The summed E-state index contributed by atoms with van der Waals surface area (Å²) in [4.78, 5) is 48.5.